The van der Waals surface area contributed by atoms with Crippen LogP contribution in [0.25, 0.3) is 10.9 Å². The number of fused-ring (bicyclic) bond motifs is 1. The predicted molar refractivity (Wildman–Crippen MR) is 87.3 cm³/mol. The van der Waals surface area contributed by atoms with E-state index in [4.69, 9.17) is 4.74 Å². The summed E-state index contributed by atoms with van der Waals surface area (Å²) < 4.78 is 5.51. The number of benzene rings is 2. The third-order valence-electron chi connectivity index (χ3n) is 3.27. The van der Waals surface area contributed by atoms with E-state index in [1.165, 1.54) is 0 Å². The van der Waals surface area contributed by atoms with E-state index in [9.17, 15) is 4.79 Å². The maximum atomic E-state index is 12.4. The number of amides is 1. The molecule has 1 heterocycles. The first kappa shape index (κ1) is 14.1. The second kappa shape index (κ2) is 6.26. The summed E-state index contributed by atoms with van der Waals surface area (Å²) in [6, 6.07) is 18.7. The van der Waals surface area contributed by atoms with Crippen LogP contribution in [0.2, 0.25) is 0 Å². The average molecular weight is 292 g/mol. The lowest BCUT2D eigenvalue weighted by Gasteiger charge is -2.11. The predicted octanol–water partition coefficient (Wildman–Crippen LogP) is 3.89. The Morgan fingerprint density at radius 3 is 2.68 bits per heavy atom. The van der Waals surface area contributed by atoms with E-state index < -0.39 is 0 Å². The van der Waals surface area contributed by atoms with Crippen LogP contribution in [0.1, 0.15) is 17.4 Å². The third kappa shape index (κ3) is 2.91. The number of carbonyl (C=O) groups excluding carboxylic acids is 1. The van der Waals surface area contributed by atoms with Crippen LogP contribution in [0.5, 0.6) is 5.75 Å². The summed E-state index contributed by atoms with van der Waals surface area (Å²) in [4.78, 5) is 16.8. The molecule has 0 atom stereocenters. The number of anilines is 1. The number of rotatable bonds is 4. The van der Waals surface area contributed by atoms with Gasteiger partial charge in [-0.15, -0.1) is 0 Å². The molecule has 0 aliphatic heterocycles. The fourth-order valence-corrected chi connectivity index (χ4v) is 2.23. The number of hydrogen-bond donors (Lipinski definition) is 1. The number of nitrogens with zero attached hydrogens (tertiary/aromatic N) is 1. The van der Waals surface area contributed by atoms with Crippen molar-refractivity contribution in [2.75, 3.05) is 11.9 Å². The highest BCUT2D eigenvalue weighted by atomic mass is 16.5. The quantitative estimate of drug-likeness (QED) is 0.793. The van der Waals surface area contributed by atoms with Crippen LogP contribution in [-0.4, -0.2) is 17.5 Å². The second-order valence-corrected chi connectivity index (χ2v) is 4.77. The van der Waals surface area contributed by atoms with Gasteiger partial charge in [0.2, 0.25) is 0 Å². The summed E-state index contributed by atoms with van der Waals surface area (Å²) in [7, 11) is 0. The molecule has 4 heteroatoms. The summed E-state index contributed by atoms with van der Waals surface area (Å²) in [5.74, 6) is 0.400. The molecule has 0 radical (unpaired) electrons. The molecule has 110 valence electrons. The van der Waals surface area contributed by atoms with E-state index in [2.05, 4.69) is 10.3 Å². The van der Waals surface area contributed by atoms with Gasteiger partial charge in [-0.05, 0) is 31.2 Å². The van der Waals surface area contributed by atoms with E-state index in [0.717, 1.165) is 10.9 Å². The fourth-order valence-electron chi connectivity index (χ4n) is 2.23. The Morgan fingerprint density at radius 2 is 1.82 bits per heavy atom. The summed E-state index contributed by atoms with van der Waals surface area (Å²) >= 11 is 0. The van der Waals surface area contributed by atoms with Gasteiger partial charge in [0.05, 0.1) is 17.8 Å². The summed E-state index contributed by atoms with van der Waals surface area (Å²) in [5.41, 5.74) is 1.82. The van der Waals surface area contributed by atoms with Crippen molar-refractivity contribution in [1.29, 1.82) is 0 Å². The Hall–Kier alpha value is -2.88. The molecule has 0 aliphatic rings. The van der Waals surface area contributed by atoms with Gasteiger partial charge >= 0.3 is 0 Å². The fraction of sp³-hybridized carbons (Fsp3) is 0.111. The standard InChI is InChI=1S/C18H16N2O2/c1-2-22-17-10-6-5-9-15(17)20-18(21)16-12-11-13-7-3-4-8-14(13)19-16/h3-12H,2H2,1H3,(H,20,21). The van der Waals surface area contributed by atoms with Gasteiger partial charge in [0.25, 0.3) is 5.91 Å². The first-order valence-electron chi connectivity index (χ1n) is 7.17. The number of pyridine rings is 1. The highest BCUT2D eigenvalue weighted by Crippen LogP contribution is 2.24. The Morgan fingerprint density at radius 1 is 1.05 bits per heavy atom. The Balaban J connectivity index is 1.87. The zero-order valence-corrected chi connectivity index (χ0v) is 12.2. The van der Waals surface area contributed by atoms with Crippen LogP contribution in [-0.2, 0) is 0 Å². The van der Waals surface area contributed by atoms with Crippen molar-refractivity contribution >= 4 is 22.5 Å². The molecule has 3 rings (SSSR count). The van der Waals surface area contributed by atoms with Crippen molar-refractivity contribution in [2.24, 2.45) is 0 Å². The summed E-state index contributed by atoms with van der Waals surface area (Å²) in [5, 5.41) is 3.86. The van der Waals surface area contributed by atoms with Crippen molar-refractivity contribution in [1.82, 2.24) is 4.98 Å². The topological polar surface area (TPSA) is 51.2 Å². The average Bonchev–Trinajstić information content (AvgIpc) is 2.56. The minimum absolute atomic E-state index is 0.252. The minimum Gasteiger partial charge on any atom is -0.492 e. The van der Waals surface area contributed by atoms with Crippen LogP contribution >= 0.6 is 0 Å². The third-order valence-corrected chi connectivity index (χ3v) is 3.27. The van der Waals surface area contributed by atoms with Crippen molar-refractivity contribution in [3.8, 4) is 5.75 Å². The number of carbonyl (C=O) groups is 1. The molecular formula is C18H16N2O2. The molecule has 0 fully saturated rings. The number of ether oxygens (including phenoxy) is 1. The van der Waals surface area contributed by atoms with Gasteiger partial charge in [-0.25, -0.2) is 4.98 Å². The van der Waals surface area contributed by atoms with Crippen LogP contribution in [0.3, 0.4) is 0 Å². The first-order chi connectivity index (χ1) is 10.8. The smallest absolute Gasteiger partial charge is 0.274 e. The van der Waals surface area contributed by atoms with E-state index in [1.54, 1.807) is 6.07 Å². The van der Waals surface area contributed by atoms with Crippen LogP contribution in [0, 0.1) is 0 Å². The van der Waals surface area contributed by atoms with E-state index in [1.807, 2.05) is 61.5 Å². The number of aromatic nitrogens is 1. The minimum atomic E-state index is -0.252. The van der Waals surface area contributed by atoms with Gasteiger partial charge in [-0.1, -0.05) is 36.4 Å². The Labute approximate surface area is 128 Å². The first-order valence-corrected chi connectivity index (χ1v) is 7.17. The van der Waals surface area contributed by atoms with Crippen LogP contribution < -0.4 is 10.1 Å². The molecule has 1 amide bonds. The van der Waals surface area contributed by atoms with Gasteiger partial charge in [-0.2, -0.15) is 0 Å². The number of para-hydroxylation sites is 3. The molecule has 0 saturated carbocycles. The summed E-state index contributed by atoms with van der Waals surface area (Å²) in [6.45, 7) is 2.45. The summed E-state index contributed by atoms with van der Waals surface area (Å²) in [6.07, 6.45) is 0. The van der Waals surface area contributed by atoms with Gasteiger partial charge in [0, 0.05) is 5.39 Å². The Kier molecular flexibility index (Phi) is 4.01. The van der Waals surface area contributed by atoms with E-state index in [0.29, 0.717) is 23.7 Å². The van der Waals surface area contributed by atoms with Crippen molar-refractivity contribution in [3.05, 3.63) is 66.4 Å². The molecule has 2 aromatic carbocycles. The molecule has 0 bridgehead atoms. The lowest BCUT2D eigenvalue weighted by Crippen LogP contribution is -2.14. The van der Waals surface area contributed by atoms with Crippen molar-refractivity contribution < 1.29 is 9.53 Å². The molecule has 1 N–H and O–H groups in total. The highest BCUT2D eigenvalue weighted by Gasteiger charge is 2.11. The van der Waals surface area contributed by atoms with E-state index >= 15 is 0 Å². The molecule has 0 unspecified atom stereocenters. The lowest BCUT2D eigenvalue weighted by atomic mass is 10.2. The second-order valence-electron chi connectivity index (χ2n) is 4.77. The van der Waals surface area contributed by atoms with Gasteiger partial charge in [-0.3, -0.25) is 4.79 Å². The molecule has 0 aliphatic carbocycles. The molecule has 22 heavy (non-hydrogen) atoms. The van der Waals surface area contributed by atoms with Gasteiger partial charge < -0.3 is 10.1 Å². The molecule has 0 spiro atoms. The largest absolute Gasteiger partial charge is 0.492 e. The number of nitrogens with one attached hydrogen (secondary N) is 1. The zero-order valence-electron chi connectivity index (χ0n) is 12.2. The lowest BCUT2D eigenvalue weighted by molar-refractivity contribution is 0.102. The van der Waals surface area contributed by atoms with Crippen LogP contribution in [0.15, 0.2) is 60.7 Å². The highest BCUT2D eigenvalue weighted by molar-refractivity contribution is 6.04. The SMILES string of the molecule is CCOc1ccccc1NC(=O)c1ccc2ccccc2n1. The van der Waals surface area contributed by atoms with Crippen molar-refractivity contribution in [3.63, 3.8) is 0 Å². The number of hydrogen-bond acceptors (Lipinski definition) is 3. The molecule has 3 aromatic rings. The normalized spacial score (nSPS) is 10.4. The monoisotopic (exact) mass is 292 g/mol. The Bertz CT molecular complexity index is 815. The van der Waals surface area contributed by atoms with Crippen LogP contribution in [0.4, 0.5) is 5.69 Å². The van der Waals surface area contributed by atoms with E-state index in [-0.39, 0.29) is 5.91 Å². The van der Waals surface area contributed by atoms with Gasteiger partial charge in [0.15, 0.2) is 0 Å². The molecular weight excluding hydrogens is 276 g/mol. The zero-order chi connectivity index (χ0) is 15.4. The van der Waals surface area contributed by atoms with Crippen molar-refractivity contribution in [2.45, 2.75) is 6.92 Å². The maximum Gasteiger partial charge on any atom is 0.274 e. The van der Waals surface area contributed by atoms with Gasteiger partial charge in [0.1, 0.15) is 11.4 Å². The molecule has 1 aromatic heterocycles. The maximum absolute atomic E-state index is 12.4. The molecule has 0 saturated heterocycles. The molecule has 4 nitrogen and oxygen atoms in total.